The van der Waals surface area contributed by atoms with E-state index >= 15 is 0 Å². The Morgan fingerprint density at radius 3 is 2.63 bits per heavy atom. The van der Waals surface area contributed by atoms with Crippen LogP contribution in [0.15, 0.2) is 41.0 Å². The normalized spacial score (nSPS) is 10.3. The Bertz CT molecular complexity index is 540. The number of hydrogen-bond acceptors (Lipinski definition) is 3. The highest BCUT2D eigenvalue weighted by molar-refractivity contribution is 9.10. The molecule has 1 aromatic heterocycles. The summed E-state index contributed by atoms with van der Waals surface area (Å²) in [4.78, 5) is 4.32. The standard InChI is InChI=1S/C15H17BrN2O/c1-11-9-15(18-10-14(11)16)17-8-7-12-3-5-13(19-2)6-4-12/h3-6,9-10H,7-8H2,1-2H3,(H,17,18). The van der Waals surface area contributed by atoms with Gasteiger partial charge in [-0.2, -0.15) is 0 Å². The van der Waals surface area contributed by atoms with Gasteiger partial charge in [0, 0.05) is 17.2 Å². The molecule has 0 aliphatic heterocycles. The minimum Gasteiger partial charge on any atom is -0.497 e. The van der Waals surface area contributed by atoms with Gasteiger partial charge < -0.3 is 10.1 Å². The topological polar surface area (TPSA) is 34.1 Å². The quantitative estimate of drug-likeness (QED) is 0.909. The van der Waals surface area contributed by atoms with Crippen molar-refractivity contribution in [1.82, 2.24) is 4.98 Å². The van der Waals surface area contributed by atoms with Crippen LogP contribution in [0.2, 0.25) is 0 Å². The summed E-state index contributed by atoms with van der Waals surface area (Å²) in [6, 6.07) is 10.2. The number of aromatic nitrogens is 1. The van der Waals surface area contributed by atoms with Gasteiger partial charge in [0.15, 0.2) is 0 Å². The van der Waals surface area contributed by atoms with Crippen LogP contribution in [0.5, 0.6) is 5.75 Å². The Kier molecular flexibility index (Phi) is 4.80. The number of aryl methyl sites for hydroxylation is 1. The number of rotatable bonds is 5. The Morgan fingerprint density at radius 2 is 2.00 bits per heavy atom. The van der Waals surface area contributed by atoms with Gasteiger partial charge >= 0.3 is 0 Å². The first-order valence-corrected chi connectivity index (χ1v) is 6.97. The lowest BCUT2D eigenvalue weighted by Gasteiger charge is -2.07. The van der Waals surface area contributed by atoms with Crippen molar-refractivity contribution in [2.24, 2.45) is 0 Å². The molecule has 1 N–H and O–H groups in total. The molecule has 3 nitrogen and oxygen atoms in total. The van der Waals surface area contributed by atoms with Crippen molar-refractivity contribution in [3.8, 4) is 5.75 Å². The first-order chi connectivity index (χ1) is 9.19. The number of nitrogens with one attached hydrogen (secondary N) is 1. The van der Waals surface area contributed by atoms with E-state index in [-0.39, 0.29) is 0 Å². The Morgan fingerprint density at radius 1 is 1.26 bits per heavy atom. The van der Waals surface area contributed by atoms with Gasteiger partial charge in [-0.05, 0) is 58.6 Å². The molecule has 0 radical (unpaired) electrons. The largest absolute Gasteiger partial charge is 0.497 e. The van der Waals surface area contributed by atoms with Crippen LogP contribution in [0.3, 0.4) is 0 Å². The summed E-state index contributed by atoms with van der Waals surface area (Å²) in [7, 11) is 1.68. The zero-order valence-corrected chi connectivity index (χ0v) is 12.7. The summed E-state index contributed by atoms with van der Waals surface area (Å²) in [6.45, 7) is 2.92. The molecular weight excluding hydrogens is 304 g/mol. The van der Waals surface area contributed by atoms with Crippen LogP contribution in [0.25, 0.3) is 0 Å². The number of halogens is 1. The van der Waals surface area contributed by atoms with Crippen LogP contribution in [0.4, 0.5) is 5.82 Å². The van der Waals surface area contributed by atoms with Crippen LogP contribution in [0, 0.1) is 6.92 Å². The fourth-order valence-electron chi connectivity index (χ4n) is 1.76. The third-order valence-corrected chi connectivity index (χ3v) is 3.76. The van der Waals surface area contributed by atoms with Crippen molar-refractivity contribution in [3.63, 3.8) is 0 Å². The SMILES string of the molecule is COc1ccc(CCNc2cc(C)c(Br)cn2)cc1. The lowest BCUT2D eigenvalue weighted by molar-refractivity contribution is 0.414. The monoisotopic (exact) mass is 320 g/mol. The van der Waals surface area contributed by atoms with Gasteiger partial charge in [0.2, 0.25) is 0 Å². The molecule has 0 fully saturated rings. The molecule has 0 bridgehead atoms. The van der Waals surface area contributed by atoms with Crippen LogP contribution >= 0.6 is 15.9 Å². The zero-order chi connectivity index (χ0) is 13.7. The summed E-state index contributed by atoms with van der Waals surface area (Å²) in [5, 5.41) is 3.33. The number of pyridine rings is 1. The number of benzene rings is 1. The highest BCUT2D eigenvalue weighted by Crippen LogP contribution is 2.17. The third-order valence-electron chi connectivity index (χ3n) is 2.93. The summed E-state index contributed by atoms with van der Waals surface area (Å²) in [5.41, 5.74) is 2.46. The molecule has 0 atom stereocenters. The van der Waals surface area contributed by atoms with Gasteiger partial charge in [-0.25, -0.2) is 4.98 Å². The number of hydrogen-bond donors (Lipinski definition) is 1. The summed E-state index contributed by atoms with van der Waals surface area (Å²) >= 11 is 3.45. The molecule has 2 rings (SSSR count). The van der Waals surface area contributed by atoms with E-state index in [4.69, 9.17) is 4.74 Å². The van der Waals surface area contributed by atoms with Gasteiger partial charge in [-0.1, -0.05) is 12.1 Å². The predicted octanol–water partition coefficient (Wildman–Crippen LogP) is 3.82. The second-order valence-corrected chi connectivity index (χ2v) is 5.20. The van der Waals surface area contributed by atoms with Crippen molar-refractivity contribution < 1.29 is 4.74 Å². The van der Waals surface area contributed by atoms with Gasteiger partial charge in [0.25, 0.3) is 0 Å². The van der Waals surface area contributed by atoms with Gasteiger partial charge in [-0.3, -0.25) is 0 Å². The summed E-state index contributed by atoms with van der Waals surface area (Å²) in [5.74, 6) is 1.80. The molecule has 0 amide bonds. The Hall–Kier alpha value is -1.55. The fourth-order valence-corrected chi connectivity index (χ4v) is 1.98. The molecule has 0 aliphatic rings. The lowest BCUT2D eigenvalue weighted by atomic mass is 10.1. The molecule has 1 aromatic carbocycles. The second-order valence-electron chi connectivity index (χ2n) is 4.34. The van der Waals surface area contributed by atoms with E-state index in [0.717, 1.165) is 29.0 Å². The van der Waals surface area contributed by atoms with E-state index < -0.39 is 0 Å². The third kappa shape index (κ3) is 3.96. The van der Waals surface area contributed by atoms with Gasteiger partial charge in [0.1, 0.15) is 11.6 Å². The van der Waals surface area contributed by atoms with Crippen LogP contribution in [-0.4, -0.2) is 18.6 Å². The number of nitrogens with zero attached hydrogens (tertiary/aromatic N) is 1. The van der Waals surface area contributed by atoms with Crippen molar-refractivity contribution in [3.05, 3.63) is 52.1 Å². The summed E-state index contributed by atoms with van der Waals surface area (Å²) < 4.78 is 6.17. The minimum absolute atomic E-state index is 0.862. The zero-order valence-electron chi connectivity index (χ0n) is 11.1. The fraction of sp³-hybridized carbons (Fsp3) is 0.267. The van der Waals surface area contributed by atoms with Gasteiger partial charge in [-0.15, -0.1) is 0 Å². The van der Waals surface area contributed by atoms with Gasteiger partial charge in [0.05, 0.1) is 7.11 Å². The maximum Gasteiger partial charge on any atom is 0.126 e. The molecule has 4 heteroatoms. The van der Waals surface area contributed by atoms with Crippen LogP contribution in [-0.2, 0) is 6.42 Å². The molecule has 1 heterocycles. The Labute approximate surface area is 122 Å². The number of methoxy groups -OCH3 is 1. The first kappa shape index (κ1) is 13.9. The van der Waals surface area contributed by atoms with E-state index in [9.17, 15) is 0 Å². The van der Waals surface area contributed by atoms with Crippen molar-refractivity contribution in [2.75, 3.05) is 19.0 Å². The molecule has 0 saturated heterocycles. The van der Waals surface area contributed by atoms with Crippen molar-refractivity contribution in [2.45, 2.75) is 13.3 Å². The minimum atomic E-state index is 0.862. The van der Waals surface area contributed by atoms with E-state index in [1.54, 1.807) is 7.11 Å². The highest BCUT2D eigenvalue weighted by Gasteiger charge is 1.99. The lowest BCUT2D eigenvalue weighted by Crippen LogP contribution is -2.06. The van der Waals surface area contributed by atoms with E-state index in [1.807, 2.05) is 24.4 Å². The maximum atomic E-state index is 5.14. The smallest absolute Gasteiger partial charge is 0.126 e. The number of ether oxygens (including phenoxy) is 1. The van der Waals surface area contributed by atoms with E-state index in [0.29, 0.717) is 0 Å². The predicted molar refractivity (Wildman–Crippen MR) is 81.9 cm³/mol. The molecule has 100 valence electrons. The highest BCUT2D eigenvalue weighted by atomic mass is 79.9. The molecular formula is C15H17BrN2O. The average molecular weight is 321 g/mol. The van der Waals surface area contributed by atoms with Crippen LogP contribution in [0.1, 0.15) is 11.1 Å². The number of anilines is 1. The molecule has 0 saturated carbocycles. The second kappa shape index (κ2) is 6.57. The first-order valence-electron chi connectivity index (χ1n) is 6.18. The van der Waals surface area contributed by atoms with Crippen molar-refractivity contribution >= 4 is 21.7 Å². The maximum absolute atomic E-state index is 5.14. The van der Waals surface area contributed by atoms with E-state index in [1.165, 1.54) is 11.1 Å². The molecule has 19 heavy (non-hydrogen) atoms. The average Bonchev–Trinajstić information content (AvgIpc) is 2.43. The Balaban J connectivity index is 1.86. The molecule has 0 spiro atoms. The van der Waals surface area contributed by atoms with E-state index in [2.05, 4.69) is 45.3 Å². The summed E-state index contributed by atoms with van der Waals surface area (Å²) in [6.07, 6.45) is 2.78. The molecule has 2 aromatic rings. The van der Waals surface area contributed by atoms with Crippen molar-refractivity contribution in [1.29, 1.82) is 0 Å². The molecule has 0 unspecified atom stereocenters. The molecule has 0 aliphatic carbocycles. The van der Waals surface area contributed by atoms with Crippen LogP contribution < -0.4 is 10.1 Å².